The number of halogens is 1. The number of hydrogen-bond acceptors (Lipinski definition) is 3. The fraction of sp³-hybridized carbons (Fsp3) is 0.300. The molecule has 3 nitrogen and oxygen atoms in total. The lowest BCUT2D eigenvalue weighted by Gasteiger charge is -2.42. The van der Waals surface area contributed by atoms with Crippen LogP contribution < -0.4 is 4.74 Å². The third kappa shape index (κ3) is 4.63. The van der Waals surface area contributed by atoms with Gasteiger partial charge in [0.1, 0.15) is 17.7 Å². The Labute approximate surface area is 207 Å². The van der Waals surface area contributed by atoms with Crippen molar-refractivity contribution in [3.63, 3.8) is 0 Å². The van der Waals surface area contributed by atoms with Crippen LogP contribution in [0.4, 0.5) is 0 Å². The quantitative estimate of drug-likeness (QED) is 0.394. The number of rotatable bonds is 6. The lowest BCUT2D eigenvalue weighted by molar-refractivity contribution is 0.104. The largest absolute Gasteiger partial charge is 0.483 e. The Morgan fingerprint density at radius 1 is 1.03 bits per heavy atom. The fourth-order valence-corrected chi connectivity index (χ4v) is 5.24. The molecule has 3 aromatic carbocycles. The van der Waals surface area contributed by atoms with Gasteiger partial charge < -0.3 is 9.64 Å². The molecule has 2 atom stereocenters. The Bertz CT molecular complexity index is 1210. The normalized spacial score (nSPS) is 18.3. The third-order valence-electron chi connectivity index (χ3n) is 6.72. The molecule has 34 heavy (non-hydrogen) atoms. The molecule has 0 bridgehead atoms. The van der Waals surface area contributed by atoms with E-state index in [1.807, 2.05) is 12.1 Å². The van der Waals surface area contributed by atoms with Crippen LogP contribution in [0.5, 0.6) is 5.75 Å². The second-order valence-electron chi connectivity index (χ2n) is 9.60. The monoisotopic (exact) mass is 470 g/mol. The summed E-state index contributed by atoms with van der Waals surface area (Å²) in [5.41, 5.74) is 6.09. The van der Waals surface area contributed by atoms with Gasteiger partial charge in [0.05, 0.1) is 12.6 Å². The van der Waals surface area contributed by atoms with Crippen LogP contribution in [0, 0.1) is 12.8 Å². The Morgan fingerprint density at radius 2 is 1.79 bits per heavy atom. The lowest BCUT2D eigenvalue weighted by atomic mass is 9.86. The molecular weight excluding hydrogens is 440 g/mol. The molecule has 2 aliphatic rings. The van der Waals surface area contributed by atoms with Gasteiger partial charge in [-0.15, -0.1) is 0 Å². The van der Waals surface area contributed by atoms with Crippen molar-refractivity contribution in [3.8, 4) is 5.75 Å². The zero-order valence-electron chi connectivity index (χ0n) is 20.0. The van der Waals surface area contributed by atoms with Crippen molar-refractivity contribution in [1.82, 2.24) is 4.90 Å². The van der Waals surface area contributed by atoms with Crippen molar-refractivity contribution in [2.45, 2.75) is 39.3 Å². The number of benzene rings is 3. The summed E-state index contributed by atoms with van der Waals surface area (Å²) < 4.78 is 6.79. The highest BCUT2D eigenvalue weighted by molar-refractivity contribution is 6.30. The standard InChI is InChI=1S/C30H31ClN2O/c1-20(2)28(33-16-15-32-30(33)23-11-9-21(3)10-12-23)29-25(17-22-7-5-4-6-8-22)18-24-13-14-26(31)19-27(24)34-29/h4-14,18-20,28-29H,15-17H2,1-3H3. The van der Waals surface area contributed by atoms with Crippen LogP contribution in [0.25, 0.3) is 6.08 Å². The first-order chi connectivity index (χ1) is 16.5. The summed E-state index contributed by atoms with van der Waals surface area (Å²) in [7, 11) is 0. The molecular formula is C30H31ClN2O. The van der Waals surface area contributed by atoms with Gasteiger partial charge in [0, 0.05) is 22.7 Å². The zero-order chi connectivity index (χ0) is 23.7. The SMILES string of the molecule is Cc1ccc(C2=NCCN2C(C(C)C)C2Oc3cc(Cl)ccc3C=C2Cc2ccccc2)cc1. The van der Waals surface area contributed by atoms with Gasteiger partial charge >= 0.3 is 0 Å². The van der Waals surface area contributed by atoms with E-state index >= 15 is 0 Å². The predicted octanol–water partition coefficient (Wildman–Crippen LogP) is 6.82. The maximum absolute atomic E-state index is 6.79. The van der Waals surface area contributed by atoms with Crippen molar-refractivity contribution >= 4 is 23.5 Å². The summed E-state index contributed by atoms with van der Waals surface area (Å²) in [5, 5.41) is 0.696. The molecule has 0 amide bonds. The second kappa shape index (κ2) is 9.68. The topological polar surface area (TPSA) is 24.8 Å². The van der Waals surface area contributed by atoms with E-state index in [0.717, 1.165) is 36.7 Å². The van der Waals surface area contributed by atoms with Crippen LogP contribution in [-0.4, -0.2) is 36.0 Å². The molecule has 0 radical (unpaired) electrons. The van der Waals surface area contributed by atoms with Crippen LogP contribution in [0.1, 0.15) is 36.1 Å². The van der Waals surface area contributed by atoms with Gasteiger partial charge in [-0.1, -0.05) is 85.6 Å². The molecule has 4 heteroatoms. The summed E-state index contributed by atoms with van der Waals surface area (Å²) in [5.74, 6) is 2.28. The summed E-state index contributed by atoms with van der Waals surface area (Å²) >= 11 is 6.35. The predicted molar refractivity (Wildman–Crippen MR) is 142 cm³/mol. The number of fused-ring (bicyclic) bond motifs is 1. The molecule has 0 aliphatic carbocycles. The first kappa shape index (κ1) is 22.7. The third-order valence-corrected chi connectivity index (χ3v) is 6.96. The van der Waals surface area contributed by atoms with E-state index in [1.54, 1.807) is 0 Å². The number of hydrogen-bond donors (Lipinski definition) is 0. The molecule has 3 aromatic rings. The minimum Gasteiger partial charge on any atom is -0.483 e. The lowest BCUT2D eigenvalue weighted by Crippen LogP contribution is -2.52. The van der Waals surface area contributed by atoms with E-state index in [9.17, 15) is 0 Å². The fourth-order valence-electron chi connectivity index (χ4n) is 5.08. The average Bonchev–Trinajstić information content (AvgIpc) is 3.30. The first-order valence-corrected chi connectivity index (χ1v) is 12.5. The molecule has 0 saturated heterocycles. The van der Waals surface area contributed by atoms with E-state index in [1.165, 1.54) is 22.3 Å². The number of ether oxygens (including phenoxy) is 1. The van der Waals surface area contributed by atoms with Crippen LogP contribution in [0.3, 0.4) is 0 Å². The van der Waals surface area contributed by atoms with Gasteiger partial charge in [-0.3, -0.25) is 4.99 Å². The van der Waals surface area contributed by atoms with E-state index in [2.05, 4.69) is 92.4 Å². The highest BCUT2D eigenvalue weighted by Crippen LogP contribution is 2.37. The van der Waals surface area contributed by atoms with Gasteiger partial charge in [-0.2, -0.15) is 0 Å². The minimum absolute atomic E-state index is 0.0973. The van der Waals surface area contributed by atoms with E-state index in [0.29, 0.717) is 10.9 Å². The maximum Gasteiger partial charge on any atom is 0.141 e. The molecule has 0 fully saturated rings. The summed E-state index contributed by atoms with van der Waals surface area (Å²) in [6.07, 6.45) is 3.06. The Morgan fingerprint density at radius 3 is 2.53 bits per heavy atom. The Kier molecular flexibility index (Phi) is 6.47. The van der Waals surface area contributed by atoms with Crippen LogP contribution in [0.15, 0.2) is 83.4 Å². The summed E-state index contributed by atoms with van der Waals surface area (Å²) in [6, 6.07) is 25.4. The van der Waals surface area contributed by atoms with Gasteiger partial charge in [0.25, 0.3) is 0 Å². The Balaban J connectivity index is 1.54. The van der Waals surface area contributed by atoms with Crippen LogP contribution >= 0.6 is 11.6 Å². The number of aliphatic imine (C=N–C) groups is 1. The van der Waals surface area contributed by atoms with E-state index in [4.69, 9.17) is 21.3 Å². The number of nitrogens with zero attached hydrogens (tertiary/aromatic N) is 2. The molecule has 0 spiro atoms. The molecule has 2 heterocycles. The molecule has 5 rings (SSSR count). The van der Waals surface area contributed by atoms with Crippen molar-refractivity contribution in [1.29, 1.82) is 0 Å². The average molecular weight is 471 g/mol. The van der Waals surface area contributed by atoms with E-state index < -0.39 is 0 Å². The molecule has 0 aromatic heterocycles. The van der Waals surface area contributed by atoms with Crippen LogP contribution in [-0.2, 0) is 6.42 Å². The maximum atomic E-state index is 6.79. The van der Waals surface area contributed by atoms with E-state index in [-0.39, 0.29) is 12.1 Å². The van der Waals surface area contributed by atoms with Gasteiger partial charge in [-0.25, -0.2) is 0 Å². The zero-order valence-corrected chi connectivity index (χ0v) is 20.8. The van der Waals surface area contributed by atoms with Crippen molar-refractivity contribution < 1.29 is 4.74 Å². The van der Waals surface area contributed by atoms with Crippen molar-refractivity contribution in [3.05, 3.63) is 106 Å². The Hall–Kier alpha value is -3.04. The summed E-state index contributed by atoms with van der Waals surface area (Å²) in [4.78, 5) is 7.40. The van der Waals surface area contributed by atoms with Crippen LogP contribution in [0.2, 0.25) is 5.02 Å². The molecule has 2 aliphatic heterocycles. The smallest absolute Gasteiger partial charge is 0.141 e. The molecule has 0 N–H and O–H groups in total. The number of amidine groups is 1. The van der Waals surface area contributed by atoms with Crippen molar-refractivity contribution in [2.75, 3.05) is 13.1 Å². The van der Waals surface area contributed by atoms with Gasteiger partial charge in [0.15, 0.2) is 0 Å². The number of aryl methyl sites for hydroxylation is 1. The second-order valence-corrected chi connectivity index (χ2v) is 10.0. The highest BCUT2D eigenvalue weighted by atomic mass is 35.5. The molecule has 2 unspecified atom stereocenters. The molecule has 174 valence electrons. The summed E-state index contributed by atoms with van der Waals surface area (Å²) in [6.45, 7) is 8.39. The minimum atomic E-state index is -0.0973. The highest BCUT2D eigenvalue weighted by Gasteiger charge is 2.39. The first-order valence-electron chi connectivity index (χ1n) is 12.1. The van der Waals surface area contributed by atoms with Gasteiger partial charge in [0.2, 0.25) is 0 Å². The van der Waals surface area contributed by atoms with Gasteiger partial charge in [-0.05, 0) is 54.7 Å². The van der Waals surface area contributed by atoms with Crippen molar-refractivity contribution in [2.24, 2.45) is 10.9 Å². The molecule has 0 saturated carbocycles.